The number of nitrogens with one attached hydrogen (secondary N) is 3. The number of aromatic nitrogens is 1. The van der Waals surface area contributed by atoms with Gasteiger partial charge in [-0.1, -0.05) is 30.3 Å². The van der Waals surface area contributed by atoms with Crippen LogP contribution in [0.5, 0.6) is 0 Å². The van der Waals surface area contributed by atoms with Gasteiger partial charge in [-0.2, -0.15) is 0 Å². The maximum atomic E-state index is 12.1. The van der Waals surface area contributed by atoms with Gasteiger partial charge in [-0.25, -0.2) is 9.78 Å². The maximum Gasteiger partial charge on any atom is 0.323 e. The van der Waals surface area contributed by atoms with Crippen molar-refractivity contribution in [2.45, 2.75) is 0 Å². The van der Waals surface area contributed by atoms with E-state index >= 15 is 0 Å². The molecule has 3 aromatic carbocycles. The highest BCUT2D eigenvalue weighted by Crippen LogP contribution is 2.17. The van der Waals surface area contributed by atoms with Crippen molar-refractivity contribution >= 4 is 46.2 Å². The molecule has 1 aromatic heterocycles. The summed E-state index contributed by atoms with van der Waals surface area (Å²) < 4.78 is 5.54. The molecule has 4 aromatic rings. The highest BCUT2D eigenvalue weighted by Gasteiger charge is 2.05. The average molecular weight is 398 g/mol. The van der Waals surface area contributed by atoms with E-state index in [-0.39, 0.29) is 11.9 Å². The van der Waals surface area contributed by atoms with Crippen molar-refractivity contribution in [1.82, 2.24) is 4.98 Å². The van der Waals surface area contributed by atoms with Crippen LogP contribution in [0.2, 0.25) is 0 Å². The molecule has 0 fully saturated rings. The standard InChI is InChI=1S/C23H18N4O3/c28-21(14-15-22-27-19-8-4-5-9-20(19)30-22)24-17-10-12-18(13-11-17)26-23(29)25-16-6-2-1-3-7-16/h1-15H,(H,24,28)(H2,25,26,29)/b15-14+. The molecule has 148 valence electrons. The first-order valence-corrected chi connectivity index (χ1v) is 9.23. The van der Waals surface area contributed by atoms with E-state index in [0.29, 0.717) is 28.5 Å². The third-order valence-corrected chi connectivity index (χ3v) is 4.13. The van der Waals surface area contributed by atoms with Crippen molar-refractivity contribution < 1.29 is 14.0 Å². The van der Waals surface area contributed by atoms with E-state index < -0.39 is 0 Å². The molecule has 4 rings (SSSR count). The van der Waals surface area contributed by atoms with Crippen LogP contribution in [0.15, 0.2) is 89.4 Å². The largest absolute Gasteiger partial charge is 0.437 e. The molecule has 0 bridgehead atoms. The summed E-state index contributed by atoms with van der Waals surface area (Å²) >= 11 is 0. The van der Waals surface area contributed by atoms with Gasteiger partial charge in [-0.3, -0.25) is 4.79 Å². The van der Waals surface area contributed by atoms with Crippen LogP contribution in [-0.2, 0) is 4.79 Å². The van der Waals surface area contributed by atoms with Gasteiger partial charge in [-0.15, -0.1) is 0 Å². The molecular formula is C23H18N4O3. The van der Waals surface area contributed by atoms with Gasteiger partial charge >= 0.3 is 6.03 Å². The van der Waals surface area contributed by atoms with Gasteiger partial charge in [-0.05, 0) is 48.5 Å². The third kappa shape index (κ3) is 4.90. The number of oxazole rings is 1. The molecule has 30 heavy (non-hydrogen) atoms. The molecule has 7 nitrogen and oxygen atoms in total. The monoisotopic (exact) mass is 398 g/mol. The lowest BCUT2D eigenvalue weighted by atomic mass is 10.2. The molecule has 7 heteroatoms. The number of carbonyl (C=O) groups excluding carboxylic acids is 2. The number of fused-ring (bicyclic) bond motifs is 1. The third-order valence-electron chi connectivity index (χ3n) is 4.13. The zero-order valence-electron chi connectivity index (χ0n) is 15.8. The number of benzene rings is 3. The summed E-state index contributed by atoms with van der Waals surface area (Å²) in [6, 6.07) is 23.0. The molecule has 3 N–H and O–H groups in total. The van der Waals surface area contributed by atoms with Crippen molar-refractivity contribution in [2.75, 3.05) is 16.0 Å². The Morgan fingerprint density at radius 3 is 2.03 bits per heavy atom. The molecule has 0 aliphatic heterocycles. The molecule has 0 saturated heterocycles. The number of rotatable bonds is 5. The van der Waals surface area contributed by atoms with Crippen LogP contribution in [0, 0.1) is 0 Å². The number of amides is 3. The van der Waals surface area contributed by atoms with E-state index in [9.17, 15) is 9.59 Å². The summed E-state index contributed by atoms with van der Waals surface area (Å²) in [5, 5.41) is 8.21. The van der Waals surface area contributed by atoms with E-state index in [2.05, 4.69) is 20.9 Å². The lowest BCUT2D eigenvalue weighted by molar-refractivity contribution is -0.111. The zero-order chi connectivity index (χ0) is 20.8. The summed E-state index contributed by atoms with van der Waals surface area (Å²) in [5.74, 6) is 0.0371. The molecular weight excluding hydrogens is 380 g/mol. The van der Waals surface area contributed by atoms with E-state index in [4.69, 9.17) is 4.42 Å². The Balaban J connectivity index is 1.31. The fraction of sp³-hybridized carbons (Fsp3) is 0. The van der Waals surface area contributed by atoms with Gasteiger partial charge < -0.3 is 20.4 Å². The first-order chi connectivity index (χ1) is 14.7. The predicted octanol–water partition coefficient (Wildman–Crippen LogP) is 5.12. The Bertz CT molecular complexity index is 1170. The zero-order valence-corrected chi connectivity index (χ0v) is 15.8. The molecule has 0 spiro atoms. The second kappa shape index (κ2) is 8.74. The fourth-order valence-electron chi connectivity index (χ4n) is 2.74. The fourth-order valence-corrected chi connectivity index (χ4v) is 2.74. The number of urea groups is 1. The molecule has 0 unspecified atom stereocenters. The maximum absolute atomic E-state index is 12.1. The Hall–Kier alpha value is -4.39. The second-order valence-corrected chi connectivity index (χ2v) is 6.36. The SMILES string of the molecule is O=C(/C=C/c1nc2ccccc2o1)Nc1ccc(NC(=O)Nc2ccccc2)cc1. The normalized spacial score (nSPS) is 10.8. The predicted molar refractivity (Wildman–Crippen MR) is 117 cm³/mol. The minimum absolute atomic E-state index is 0.320. The van der Waals surface area contributed by atoms with E-state index in [0.717, 1.165) is 5.52 Å². The molecule has 0 aliphatic rings. The van der Waals surface area contributed by atoms with Crippen molar-refractivity contribution in [2.24, 2.45) is 0 Å². The summed E-state index contributed by atoms with van der Waals surface area (Å²) in [6.07, 6.45) is 2.86. The topological polar surface area (TPSA) is 96.3 Å². The number of carbonyl (C=O) groups is 2. The van der Waals surface area contributed by atoms with Gasteiger partial charge in [0.1, 0.15) is 5.52 Å². The van der Waals surface area contributed by atoms with Gasteiger partial charge in [0.05, 0.1) is 0 Å². The van der Waals surface area contributed by atoms with Crippen LogP contribution < -0.4 is 16.0 Å². The molecule has 0 aliphatic carbocycles. The summed E-state index contributed by atoms with van der Waals surface area (Å²) in [4.78, 5) is 28.4. The first kappa shape index (κ1) is 18.9. The van der Waals surface area contributed by atoms with Crippen molar-refractivity contribution in [3.63, 3.8) is 0 Å². The molecule has 0 saturated carbocycles. The molecule has 0 atom stereocenters. The van der Waals surface area contributed by atoms with Gasteiger partial charge in [0.15, 0.2) is 5.58 Å². The van der Waals surface area contributed by atoms with E-state index in [1.807, 2.05) is 42.5 Å². The smallest absolute Gasteiger partial charge is 0.323 e. The van der Waals surface area contributed by atoms with Crippen LogP contribution in [0.25, 0.3) is 17.2 Å². The lowest BCUT2D eigenvalue weighted by Crippen LogP contribution is -2.19. The van der Waals surface area contributed by atoms with Crippen molar-refractivity contribution in [3.8, 4) is 0 Å². The molecule has 3 amide bonds. The Kier molecular flexibility index (Phi) is 5.52. The Morgan fingerprint density at radius 1 is 0.733 bits per heavy atom. The van der Waals surface area contributed by atoms with Gasteiger partial charge in [0.2, 0.25) is 11.8 Å². The van der Waals surface area contributed by atoms with Crippen LogP contribution in [0.3, 0.4) is 0 Å². The summed E-state index contributed by atoms with van der Waals surface area (Å²) in [7, 11) is 0. The number of hydrogen-bond acceptors (Lipinski definition) is 4. The van der Waals surface area contributed by atoms with Crippen molar-refractivity contribution in [3.05, 3.63) is 90.8 Å². The number of anilines is 3. The summed E-state index contributed by atoms with van der Waals surface area (Å²) in [5.41, 5.74) is 3.29. The van der Waals surface area contributed by atoms with Crippen LogP contribution in [-0.4, -0.2) is 16.9 Å². The number of para-hydroxylation sites is 3. The lowest BCUT2D eigenvalue weighted by Gasteiger charge is -2.08. The molecule has 1 heterocycles. The Labute approximate surface area is 172 Å². The van der Waals surface area contributed by atoms with Crippen molar-refractivity contribution in [1.29, 1.82) is 0 Å². The molecule has 0 radical (unpaired) electrons. The highest BCUT2D eigenvalue weighted by molar-refractivity contribution is 6.02. The van der Waals surface area contributed by atoms with Gasteiger partial charge in [0, 0.05) is 29.2 Å². The number of nitrogens with zero attached hydrogens (tertiary/aromatic N) is 1. The minimum atomic E-state index is -0.348. The quantitative estimate of drug-likeness (QED) is 0.406. The van der Waals surface area contributed by atoms with Crippen LogP contribution in [0.1, 0.15) is 5.89 Å². The Morgan fingerprint density at radius 2 is 1.33 bits per heavy atom. The van der Waals surface area contributed by atoms with E-state index in [1.165, 1.54) is 12.2 Å². The second-order valence-electron chi connectivity index (χ2n) is 6.36. The number of hydrogen-bond donors (Lipinski definition) is 3. The van der Waals surface area contributed by atoms with Crippen LogP contribution in [0.4, 0.5) is 21.9 Å². The minimum Gasteiger partial charge on any atom is -0.437 e. The summed E-state index contributed by atoms with van der Waals surface area (Å²) in [6.45, 7) is 0. The highest BCUT2D eigenvalue weighted by atomic mass is 16.3. The van der Waals surface area contributed by atoms with Crippen LogP contribution >= 0.6 is 0 Å². The van der Waals surface area contributed by atoms with E-state index in [1.54, 1.807) is 36.4 Å². The van der Waals surface area contributed by atoms with Gasteiger partial charge in [0.25, 0.3) is 0 Å². The average Bonchev–Trinajstić information content (AvgIpc) is 3.17. The first-order valence-electron chi connectivity index (χ1n) is 9.23.